The van der Waals surface area contributed by atoms with Crippen LogP contribution in [-0.4, -0.2) is 69.3 Å². The molecule has 1 saturated heterocycles. The Morgan fingerprint density at radius 1 is 1.13 bits per heavy atom. The number of rotatable bonds is 7. The second-order valence-electron chi connectivity index (χ2n) is 7.24. The first-order chi connectivity index (χ1) is 15.1. The number of amides is 1. The fraction of sp³-hybridized carbons (Fsp3) is 0.364. The zero-order valence-electron chi connectivity index (χ0n) is 17.6. The molecule has 164 valence electrons. The van der Waals surface area contributed by atoms with Gasteiger partial charge in [0.25, 0.3) is 5.91 Å². The molecule has 0 saturated carbocycles. The molecule has 1 N–H and O–H groups in total. The summed E-state index contributed by atoms with van der Waals surface area (Å²) < 4.78 is 25.2. The topological polar surface area (TPSA) is 66.9 Å². The summed E-state index contributed by atoms with van der Waals surface area (Å²) in [5.41, 5.74) is 0.980. The number of hydrogen-bond acceptors (Lipinski definition) is 7. The molecule has 0 aliphatic carbocycles. The van der Waals surface area contributed by atoms with Gasteiger partial charge in [0, 0.05) is 44.8 Å². The first kappa shape index (κ1) is 21.3. The number of piperazine rings is 1. The molecule has 2 aromatic carbocycles. The van der Waals surface area contributed by atoms with E-state index in [0.29, 0.717) is 29.1 Å². The van der Waals surface area contributed by atoms with Crippen LogP contribution in [0.4, 0.5) is 9.52 Å². The highest BCUT2D eigenvalue weighted by atomic mass is 32.1. The van der Waals surface area contributed by atoms with E-state index in [1.807, 2.05) is 6.07 Å². The molecule has 1 aromatic heterocycles. The van der Waals surface area contributed by atoms with Crippen LogP contribution in [0.2, 0.25) is 0 Å². The third-order valence-electron chi connectivity index (χ3n) is 5.36. The van der Waals surface area contributed by atoms with Crippen molar-refractivity contribution in [2.45, 2.75) is 0 Å². The van der Waals surface area contributed by atoms with Gasteiger partial charge in [-0.25, -0.2) is 9.37 Å². The van der Waals surface area contributed by atoms with Crippen LogP contribution in [0.3, 0.4) is 0 Å². The molecule has 4 rings (SSSR count). The van der Waals surface area contributed by atoms with E-state index in [0.717, 1.165) is 42.6 Å². The lowest BCUT2D eigenvalue weighted by Crippen LogP contribution is -2.48. The largest absolute Gasteiger partial charge is 0.493 e. The van der Waals surface area contributed by atoms with Gasteiger partial charge in [-0.15, -0.1) is 0 Å². The maximum atomic E-state index is 13.9. The molecule has 0 atom stereocenters. The average Bonchev–Trinajstić information content (AvgIpc) is 3.24. The van der Waals surface area contributed by atoms with E-state index in [9.17, 15) is 9.18 Å². The Hall–Kier alpha value is -2.91. The Balaban J connectivity index is 1.26. The number of hydrogen-bond donors (Lipinski definition) is 1. The summed E-state index contributed by atoms with van der Waals surface area (Å²) in [6.07, 6.45) is 0. The van der Waals surface area contributed by atoms with E-state index in [2.05, 4.69) is 20.1 Å². The first-order valence-electron chi connectivity index (χ1n) is 10.1. The number of carbonyl (C=O) groups is 1. The summed E-state index contributed by atoms with van der Waals surface area (Å²) in [7, 11) is 3.11. The molecule has 9 heteroatoms. The van der Waals surface area contributed by atoms with E-state index < -0.39 is 0 Å². The van der Waals surface area contributed by atoms with Crippen LogP contribution in [-0.2, 0) is 0 Å². The van der Waals surface area contributed by atoms with Crippen LogP contribution in [0.15, 0.2) is 36.4 Å². The van der Waals surface area contributed by atoms with Gasteiger partial charge in [-0.05, 0) is 30.3 Å². The summed E-state index contributed by atoms with van der Waals surface area (Å²) >= 11 is 1.52. The average molecular weight is 445 g/mol. The van der Waals surface area contributed by atoms with E-state index in [4.69, 9.17) is 9.47 Å². The minimum Gasteiger partial charge on any atom is -0.493 e. The van der Waals surface area contributed by atoms with Crippen LogP contribution in [0, 0.1) is 5.82 Å². The van der Waals surface area contributed by atoms with E-state index >= 15 is 0 Å². The first-order valence-corrected chi connectivity index (χ1v) is 10.9. The molecule has 1 aliphatic heterocycles. The van der Waals surface area contributed by atoms with Gasteiger partial charge in [-0.2, -0.15) is 0 Å². The zero-order chi connectivity index (χ0) is 21.8. The molecular formula is C22H25FN4O3S. The van der Waals surface area contributed by atoms with Crippen LogP contribution >= 0.6 is 11.3 Å². The number of nitrogens with one attached hydrogen (secondary N) is 1. The lowest BCUT2D eigenvalue weighted by Gasteiger charge is -2.34. The molecule has 0 unspecified atom stereocenters. The summed E-state index contributed by atoms with van der Waals surface area (Å²) in [6, 6.07) is 10.2. The van der Waals surface area contributed by atoms with Gasteiger partial charge in [-0.1, -0.05) is 17.4 Å². The smallest absolute Gasteiger partial charge is 0.251 e. The Kier molecular flexibility index (Phi) is 6.53. The molecule has 7 nitrogen and oxygen atoms in total. The highest BCUT2D eigenvalue weighted by molar-refractivity contribution is 7.22. The SMILES string of the molecule is COc1ccc(C(=O)NCCN2CCN(c3nc4c(F)cccc4s3)CC2)cc1OC. The third kappa shape index (κ3) is 4.72. The van der Waals surface area contributed by atoms with Crippen LogP contribution in [0.5, 0.6) is 11.5 Å². The van der Waals surface area contributed by atoms with Crippen LogP contribution in [0.1, 0.15) is 10.4 Å². The minimum atomic E-state index is -0.274. The number of para-hydroxylation sites is 1. The number of benzene rings is 2. The molecule has 31 heavy (non-hydrogen) atoms. The van der Waals surface area contributed by atoms with Gasteiger partial charge in [0.2, 0.25) is 0 Å². The molecule has 1 aliphatic rings. The summed E-state index contributed by atoms with van der Waals surface area (Å²) in [5.74, 6) is 0.703. The number of halogens is 1. The fourth-order valence-electron chi connectivity index (χ4n) is 3.61. The van der Waals surface area contributed by atoms with Crippen molar-refractivity contribution in [1.29, 1.82) is 0 Å². The molecular weight excluding hydrogens is 419 g/mol. The predicted octanol–water partition coefficient (Wildman–Crippen LogP) is 3.00. The van der Waals surface area contributed by atoms with E-state index in [-0.39, 0.29) is 11.7 Å². The monoisotopic (exact) mass is 444 g/mol. The van der Waals surface area contributed by atoms with Gasteiger partial charge in [0.15, 0.2) is 16.6 Å². The van der Waals surface area contributed by atoms with Gasteiger partial charge in [0.05, 0.1) is 18.9 Å². The molecule has 3 aromatic rings. The van der Waals surface area contributed by atoms with Crippen LogP contribution < -0.4 is 19.7 Å². The third-order valence-corrected chi connectivity index (χ3v) is 6.44. The van der Waals surface area contributed by atoms with Crippen molar-refractivity contribution in [2.75, 3.05) is 58.4 Å². The molecule has 0 radical (unpaired) electrons. The second-order valence-corrected chi connectivity index (χ2v) is 8.25. The lowest BCUT2D eigenvalue weighted by atomic mass is 10.2. The maximum absolute atomic E-state index is 13.9. The summed E-state index contributed by atoms with van der Waals surface area (Å²) in [6.45, 7) is 4.70. The number of ether oxygens (including phenoxy) is 2. The minimum absolute atomic E-state index is 0.143. The van der Waals surface area contributed by atoms with Crippen molar-refractivity contribution in [1.82, 2.24) is 15.2 Å². The quantitative estimate of drug-likeness (QED) is 0.604. The van der Waals surface area contributed by atoms with Crippen molar-refractivity contribution in [2.24, 2.45) is 0 Å². The highest BCUT2D eigenvalue weighted by Gasteiger charge is 2.20. The Morgan fingerprint density at radius 2 is 1.90 bits per heavy atom. The molecule has 1 amide bonds. The number of anilines is 1. The zero-order valence-corrected chi connectivity index (χ0v) is 18.4. The standard InChI is InChI=1S/C22H25FN4O3S/c1-29-17-7-6-15(14-18(17)30-2)21(28)24-8-9-26-10-12-27(13-11-26)22-25-20-16(23)4-3-5-19(20)31-22/h3-7,14H,8-13H2,1-2H3,(H,24,28). The Bertz CT molecular complexity index is 1070. The van der Waals surface area contributed by atoms with Crippen molar-refractivity contribution >= 4 is 32.6 Å². The van der Waals surface area contributed by atoms with Gasteiger partial charge in [0.1, 0.15) is 11.3 Å². The number of thiazole rings is 1. The molecule has 1 fully saturated rings. The molecule has 0 spiro atoms. The highest BCUT2D eigenvalue weighted by Crippen LogP contribution is 2.30. The number of fused-ring (bicyclic) bond motifs is 1. The second kappa shape index (κ2) is 9.49. The summed E-state index contributed by atoms with van der Waals surface area (Å²) in [4.78, 5) is 21.4. The van der Waals surface area contributed by atoms with Crippen molar-refractivity contribution in [3.8, 4) is 11.5 Å². The lowest BCUT2D eigenvalue weighted by molar-refractivity contribution is 0.0947. The van der Waals surface area contributed by atoms with Crippen molar-refractivity contribution in [3.05, 3.63) is 47.8 Å². The number of methoxy groups -OCH3 is 2. The molecule has 2 heterocycles. The van der Waals surface area contributed by atoms with Crippen LogP contribution in [0.25, 0.3) is 10.2 Å². The fourth-order valence-corrected chi connectivity index (χ4v) is 4.64. The van der Waals surface area contributed by atoms with Gasteiger partial charge in [-0.3, -0.25) is 9.69 Å². The number of carbonyl (C=O) groups excluding carboxylic acids is 1. The van der Waals surface area contributed by atoms with Gasteiger partial charge >= 0.3 is 0 Å². The van der Waals surface area contributed by atoms with E-state index in [1.165, 1.54) is 17.4 Å². The van der Waals surface area contributed by atoms with Crippen molar-refractivity contribution < 1.29 is 18.7 Å². The Morgan fingerprint density at radius 3 is 2.61 bits per heavy atom. The summed E-state index contributed by atoms with van der Waals surface area (Å²) in [5, 5.41) is 3.82. The van der Waals surface area contributed by atoms with E-state index in [1.54, 1.807) is 38.5 Å². The van der Waals surface area contributed by atoms with Gasteiger partial charge < -0.3 is 19.7 Å². The predicted molar refractivity (Wildman–Crippen MR) is 120 cm³/mol. The van der Waals surface area contributed by atoms with Crippen molar-refractivity contribution in [3.63, 3.8) is 0 Å². The Labute approximate surface area is 184 Å². The molecule has 0 bridgehead atoms. The number of aromatic nitrogens is 1. The number of nitrogens with zero attached hydrogens (tertiary/aromatic N) is 3. The maximum Gasteiger partial charge on any atom is 0.251 e. The normalized spacial score (nSPS) is 14.6.